The molecule has 0 fully saturated rings. The number of carbonyl (C=O) groups excluding carboxylic acids is 1. The van der Waals surface area contributed by atoms with E-state index in [9.17, 15) is 9.90 Å². The van der Waals surface area contributed by atoms with Crippen molar-refractivity contribution < 1.29 is 9.90 Å². The molecule has 2 nitrogen and oxygen atoms in total. The summed E-state index contributed by atoms with van der Waals surface area (Å²) < 4.78 is 0. The molecule has 0 heterocycles. The molecular formula is C11H6ClO2Tl. The summed E-state index contributed by atoms with van der Waals surface area (Å²) in [5.74, 6) is -1.20. The fraction of sp³-hybridized carbons (Fsp3) is 0. The van der Waals surface area contributed by atoms with E-state index in [0.29, 0.717) is 10.4 Å². The SMILES string of the molecule is O=C([O-])c1cccc2cccc(Cl)c12.[Tl+]. The molecular weight excluding hydrogens is 404 g/mol. The number of carboxylic acid groups (broad SMARTS) is 1. The first-order chi connectivity index (χ1) is 6.70. The summed E-state index contributed by atoms with van der Waals surface area (Å²) in [5.41, 5.74) is 0.133. The second-order valence-electron chi connectivity index (χ2n) is 2.93. The van der Waals surface area contributed by atoms with E-state index in [1.807, 2.05) is 12.1 Å². The van der Waals surface area contributed by atoms with Crippen LogP contribution in [0.4, 0.5) is 0 Å². The number of hydrogen-bond acceptors (Lipinski definition) is 2. The smallest absolute Gasteiger partial charge is 0.545 e. The van der Waals surface area contributed by atoms with Crippen LogP contribution < -0.4 is 5.11 Å². The van der Waals surface area contributed by atoms with Crippen molar-refractivity contribution in [1.29, 1.82) is 0 Å². The Bertz CT molecular complexity index is 506. The predicted molar refractivity (Wildman–Crippen MR) is 59.0 cm³/mol. The van der Waals surface area contributed by atoms with E-state index in [-0.39, 0.29) is 32.9 Å². The molecule has 15 heavy (non-hydrogen) atoms. The molecule has 0 atom stereocenters. The molecule has 0 aliphatic heterocycles. The molecule has 0 radical (unpaired) electrons. The van der Waals surface area contributed by atoms with Crippen molar-refractivity contribution in [1.82, 2.24) is 0 Å². The molecule has 2 aromatic rings. The van der Waals surface area contributed by atoms with Crippen LogP contribution in [-0.4, -0.2) is 33.3 Å². The standard InChI is InChI=1S/C11H7ClO2.Tl/c12-9-6-2-4-7-3-1-5-8(10(7)9)11(13)14;/h1-6H,(H,13,14);/q;+1/p-1. The Kier molecular flexibility index (Phi) is 4.10. The van der Waals surface area contributed by atoms with Gasteiger partial charge >= 0.3 is 27.3 Å². The van der Waals surface area contributed by atoms with Gasteiger partial charge in [-0.1, -0.05) is 41.9 Å². The molecule has 2 rings (SSSR count). The van der Waals surface area contributed by atoms with Gasteiger partial charge in [0.2, 0.25) is 0 Å². The molecule has 0 saturated heterocycles. The molecule has 4 heteroatoms. The van der Waals surface area contributed by atoms with Gasteiger partial charge in [0.1, 0.15) is 0 Å². The summed E-state index contributed by atoms with van der Waals surface area (Å²) in [6, 6.07) is 10.2. The van der Waals surface area contributed by atoms with Gasteiger partial charge < -0.3 is 9.90 Å². The number of benzene rings is 2. The largest absolute Gasteiger partial charge is 1.00 e. The average Bonchev–Trinajstić information content (AvgIpc) is 2.17. The molecule has 0 aromatic heterocycles. The van der Waals surface area contributed by atoms with E-state index in [1.54, 1.807) is 18.2 Å². The van der Waals surface area contributed by atoms with Gasteiger partial charge in [-0.05, 0) is 11.5 Å². The second-order valence-corrected chi connectivity index (χ2v) is 3.34. The quantitative estimate of drug-likeness (QED) is 0.669. The fourth-order valence-corrected chi connectivity index (χ4v) is 1.75. The van der Waals surface area contributed by atoms with E-state index < -0.39 is 5.97 Å². The summed E-state index contributed by atoms with van der Waals surface area (Å²) >= 11 is 5.92. The van der Waals surface area contributed by atoms with E-state index in [0.717, 1.165) is 5.39 Å². The second kappa shape index (κ2) is 4.94. The van der Waals surface area contributed by atoms with Crippen LogP contribution in [0.2, 0.25) is 5.02 Å². The third kappa shape index (κ3) is 2.31. The van der Waals surface area contributed by atoms with Crippen molar-refractivity contribution in [3.63, 3.8) is 0 Å². The van der Waals surface area contributed by atoms with Gasteiger partial charge in [0.15, 0.2) is 0 Å². The molecule has 0 aliphatic carbocycles. The molecule has 0 spiro atoms. The third-order valence-electron chi connectivity index (χ3n) is 2.07. The van der Waals surface area contributed by atoms with Crippen LogP contribution in [0, 0.1) is 0 Å². The van der Waals surface area contributed by atoms with Crippen molar-refractivity contribution in [2.45, 2.75) is 0 Å². The Labute approximate surface area is 112 Å². The van der Waals surface area contributed by atoms with E-state index in [1.165, 1.54) is 6.07 Å². The van der Waals surface area contributed by atoms with Gasteiger partial charge in [0.05, 0.1) is 5.97 Å². The fourth-order valence-electron chi connectivity index (χ4n) is 1.47. The minimum atomic E-state index is -1.20. The van der Waals surface area contributed by atoms with Gasteiger partial charge in [-0.15, -0.1) is 0 Å². The minimum absolute atomic E-state index is 0. The van der Waals surface area contributed by atoms with Crippen LogP contribution in [-0.2, 0) is 0 Å². The van der Waals surface area contributed by atoms with Crippen LogP contribution in [0.3, 0.4) is 0 Å². The summed E-state index contributed by atoms with van der Waals surface area (Å²) in [5, 5.41) is 12.6. The third-order valence-corrected chi connectivity index (χ3v) is 2.39. The van der Waals surface area contributed by atoms with Gasteiger partial charge in [-0.3, -0.25) is 0 Å². The molecule has 0 unspecified atom stereocenters. The number of fused-ring (bicyclic) bond motifs is 1. The summed E-state index contributed by atoms with van der Waals surface area (Å²) in [4.78, 5) is 10.8. The summed E-state index contributed by atoms with van der Waals surface area (Å²) in [6.45, 7) is 0. The maximum Gasteiger partial charge on any atom is 1.00 e. The van der Waals surface area contributed by atoms with Crippen molar-refractivity contribution in [2.24, 2.45) is 0 Å². The molecule has 72 valence electrons. The summed E-state index contributed by atoms with van der Waals surface area (Å²) in [7, 11) is 0. The summed E-state index contributed by atoms with van der Waals surface area (Å²) in [6.07, 6.45) is 0. The average molecular weight is 410 g/mol. The Morgan fingerprint density at radius 3 is 2.33 bits per heavy atom. The monoisotopic (exact) mass is 410 g/mol. The van der Waals surface area contributed by atoms with Gasteiger partial charge in [-0.2, -0.15) is 0 Å². The van der Waals surface area contributed by atoms with Crippen LogP contribution in [0.5, 0.6) is 0 Å². The van der Waals surface area contributed by atoms with Gasteiger partial charge in [-0.25, -0.2) is 0 Å². The van der Waals surface area contributed by atoms with E-state index in [2.05, 4.69) is 0 Å². The van der Waals surface area contributed by atoms with Gasteiger partial charge in [0, 0.05) is 16.0 Å². The first kappa shape index (κ1) is 12.5. The van der Waals surface area contributed by atoms with Crippen LogP contribution in [0.1, 0.15) is 10.4 Å². The Hall–Kier alpha value is -0.618. The Morgan fingerprint density at radius 2 is 1.73 bits per heavy atom. The number of hydrogen-bond donors (Lipinski definition) is 0. The molecule has 0 aliphatic rings. The van der Waals surface area contributed by atoms with Crippen LogP contribution >= 0.6 is 11.6 Å². The van der Waals surface area contributed by atoms with Crippen molar-refractivity contribution in [3.8, 4) is 0 Å². The van der Waals surface area contributed by atoms with E-state index in [4.69, 9.17) is 11.6 Å². The normalized spacial score (nSPS) is 9.67. The molecule has 0 bridgehead atoms. The maximum atomic E-state index is 10.8. The van der Waals surface area contributed by atoms with Crippen LogP contribution in [0.15, 0.2) is 36.4 Å². The topological polar surface area (TPSA) is 40.1 Å². The van der Waals surface area contributed by atoms with Crippen molar-refractivity contribution in [2.75, 3.05) is 0 Å². The van der Waals surface area contributed by atoms with Gasteiger partial charge in [0.25, 0.3) is 0 Å². The minimum Gasteiger partial charge on any atom is -0.545 e. The van der Waals surface area contributed by atoms with E-state index >= 15 is 0 Å². The van der Waals surface area contributed by atoms with Crippen molar-refractivity contribution in [3.05, 3.63) is 47.0 Å². The number of halogens is 1. The number of aromatic carboxylic acids is 1. The molecule has 0 saturated carbocycles. The van der Waals surface area contributed by atoms with Crippen molar-refractivity contribution >= 4 is 55.6 Å². The molecule has 0 amide bonds. The predicted octanol–water partition coefficient (Wildman–Crippen LogP) is 1.48. The first-order valence-electron chi connectivity index (χ1n) is 4.09. The zero-order valence-electron chi connectivity index (χ0n) is 7.74. The maximum absolute atomic E-state index is 10.8. The first-order valence-corrected chi connectivity index (χ1v) is 4.46. The molecule has 2 aromatic carbocycles. The zero-order chi connectivity index (χ0) is 10.1. The number of rotatable bonds is 1. The number of carboxylic acids is 1. The zero-order valence-corrected chi connectivity index (χ0v) is 13.0. The van der Waals surface area contributed by atoms with Crippen LogP contribution in [0.25, 0.3) is 10.8 Å². The molecule has 0 N–H and O–H groups in total. The number of carbonyl (C=O) groups is 1. The Balaban J connectivity index is 0.00000112. The Morgan fingerprint density at radius 1 is 1.13 bits per heavy atom.